The third-order valence-corrected chi connectivity index (χ3v) is 3.33. The Balaban J connectivity index is 1.90. The molecule has 0 saturated heterocycles. The van der Waals surface area contributed by atoms with Crippen LogP contribution in [0.3, 0.4) is 0 Å². The summed E-state index contributed by atoms with van der Waals surface area (Å²) in [7, 11) is 0. The van der Waals surface area contributed by atoms with Crippen molar-refractivity contribution in [2.75, 3.05) is 5.32 Å². The van der Waals surface area contributed by atoms with Gasteiger partial charge in [-0.2, -0.15) is 5.26 Å². The third kappa shape index (κ3) is 3.80. The van der Waals surface area contributed by atoms with Crippen molar-refractivity contribution >= 4 is 11.6 Å². The summed E-state index contributed by atoms with van der Waals surface area (Å²) in [4.78, 5) is 12.0. The number of hydrogen-bond donors (Lipinski definition) is 1. The van der Waals surface area contributed by atoms with Gasteiger partial charge in [0.2, 0.25) is 0 Å². The van der Waals surface area contributed by atoms with Crippen LogP contribution in [-0.4, -0.2) is 18.1 Å². The summed E-state index contributed by atoms with van der Waals surface area (Å²) in [5.41, 5.74) is 1.16. The first-order valence-electron chi connectivity index (χ1n) is 6.65. The Morgan fingerprint density at radius 2 is 2.21 bits per heavy atom. The normalized spacial score (nSPS) is 16.8. The molecule has 1 aliphatic rings. The minimum atomic E-state index is -0.464. The van der Waals surface area contributed by atoms with Gasteiger partial charge in [0.05, 0.1) is 17.7 Å². The zero-order chi connectivity index (χ0) is 13.7. The van der Waals surface area contributed by atoms with Crippen molar-refractivity contribution in [1.29, 1.82) is 5.26 Å². The molecule has 1 aromatic rings. The van der Waals surface area contributed by atoms with E-state index in [0.717, 1.165) is 12.8 Å². The number of nitriles is 1. The number of carbonyl (C=O) groups excluding carboxylic acids is 1. The van der Waals surface area contributed by atoms with Gasteiger partial charge in [0.15, 0.2) is 0 Å². The van der Waals surface area contributed by atoms with Crippen LogP contribution < -0.4 is 5.32 Å². The number of rotatable bonds is 4. The third-order valence-electron chi connectivity index (χ3n) is 3.33. The number of hydrogen-bond acceptors (Lipinski definition) is 3. The summed E-state index contributed by atoms with van der Waals surface area (Å²) >= 11 is 0. The lowest BCUT2D eigenvalue weighted by atomic mass is 10.2. The van der Waals surface area contributed by atoms with Crippen LogP contribution in [0.2, 0.25) is 0 Å². The molecule has 0 aliphatic heterocycles. The molecule has 4 nitrogen and oxygen atoms in total. The van der Waals surface area contributed by atoms with E-state index in [0.29, 0.717) is 11.3 Å². The van der Waals surface area contributed by atoms with Crippen molar-refractivity contribution in [2.45, 2.75) is 44.8 Å². The molecule has 1 aromatic carbocycles. The second-order valence-corrected chi connectivity index (χ2v) is 4.87. The second-order valence-electron chi connectivity index (χ2n) is 4.87. The molecule has 0 aromatic heterocycles. The molecule has 100 valence electrons. The molecular formula is C15H18N2O2. The number of amides is 1. The predicted molar refractivity (Wildman–Crippen MR) is 72.6 cm³/mol. The molecule has 1 unspecified atom stereocenters. The van der Waals surface area contributed by atoms with Gasteiger partial charge in [-0.25, -0.2) is 0 Å². The summed E-state index contributed by atoms with van der Waals surface area (Å²) in [6, 6.07) is 8.91. The van der Waals surface area contributed by atoms with E-state index in [4.69, 9.17) is 10.00 Å². The Morgan fingerprint density at radius 3 is 2.89 bits per heavy atom. The number of anilines is 1. The van der Waals surface area contributed by atoms with Gasteiger partial charge in [0.1, 0.15) is 6.10 Å². The standard InChI is InChI=1S/C15H18N2O2/c1-11(19-14-7-2-3-8-14)15(18)17-13-6-4-5-12(9-13)10-16/h4-6,9,11,14H,2-3,7-8H2,1H3,(H,17,18). The van der Waals surface area contributed by atoms with Gasteiger partial charge in [-0.15, -0.1) is 0 Å². The first kappa shape index (κ1) is 13.6. The van der Waals surface area contributed by atoms with Gasteiger partial charge in [0, 0.05) is 5.69 Å². The average molecular weight is 258 g/mol. The smallest absolute Gasteiger partial charge is 0.253 e. The summed E-state index contributed by atoms with van der Waals surface area (Å²) in [5.74, 6) is -0.165. The lowest BCUT2D eigenvalue weighted by Gasteiger charge is -2.18. The molecule has 4 heteroatoms. The van der Waals surface area contributed by atoms with Crippen LogP contribution in [0.25, 0.3) is 0 Å². The van der Waals surface area contributed by atoms with Crippen molar-refractivity contribution in [3.8, 4) is 6.07 Å². The highest BCUT2D eigenvalue weighted by Crippen LogP contribution is 2.22. The van der Waals surface area contributed by atoms with E-state index < -0.39 is 6.10 Å². The Bertz CT molecular complexity index is 487. The molecule has 2 rings (SSSR count). The van der Waals surface area contributed by atoms with Crippen LogP contribution in [0.1, 0.15) is 38.2 Å². The van der Waals surface area contributed by atoms with Crippen LogP contribution in [-0.2, 0) is 9.53 Å². The van der Waals surface area contributed by atoms with Crippen LogP contribution in [0.15, 0.2) is 24.3 Å². The van der Waals surface area contributed by atoms with E-state index in [1.165, 1.54) is 12.8 Å². The summed E-state index contributed by atoms with van der Waals surface area (Å²) in [5, 5.41) is 11.6. The van der Waals surface area contributed by atoms with Crippen molar-refractivity contribution in [1.82, 2.24) is 0 Å². The lowest BCUT2D eigenvalue weighted by Crippen LogP contribution is -2.30. The van der Waals surface area contributed by atoms with Crippen LogP contribution in [0.4, 0.5) is 5.69 Å². The number of ether oxygens (including phenoxy) is 1. The molecule has 0 heterocycles. The number of nitrogens with zero attached hydrogens (tertiary/aromatic N) is 1. The van der Waals surface area contributed by atoms with E-state index in [-0.39, 0.29) is 12.0 Å². The van der Waals surface area contributed by atoms with E-state index >= 15 is 0 Å². The van der Waals surface area contributed by atoms with Gasteiger partial charge in [0.25, 0.3) is 5.91 Å². The van der Waals surface area contributed by atoms with Gasteiger partial charge in [-0.3, -0.25) is 4.79 Å². The molecule has 1 atom stereocenters. The molecule has 0 bridgehead atoms. The number of nitrogens with one attached hydrogen (secondary N) is 1. The fraction of sp³-hybridized carbons (Fsp3) is 0.467. The quantitative estimate of drug-likeness (QED) is 0.903. The largest absolute Gasteiger partial charge is 0.365 e. The van der Waals surface area contributed by atoms with Crippen LogP contribution >= 0.6 is 0 Å². The Morgan fingerprint density at radius 1 is 1.47 bits per heavy atom. The summed E-state index contributed by atoms with van der Waals surface area (Å²) in [6.07, 6.45) is 4.20. The molecule has 0 radical (unpaired) electrons. The van der Waals surface area contributed by atoms with Gasteiger partial charge >= 0.3 is 0 Å². The molecule has 19 heavy (non-hydrogen) atoms. The zero-order valence-corrected chi connectivity index (χ0v) is 11.1. The SMILES string of the molecule is CC(OC1CCCC1)C(=O)Nc1cccc(C#N)c1. The average Bonchev–Trinajstić information content (AvgIpc) is 2.91. The molecular weight excluding hydrogens is 240 g/mol. The van der Waals surface area contributed by atoms with E-state index in [1.807, 2.05) is 6.07 Å². The zero-order valence-electron chi connectivity index (χ0n) is 11.1. The van der Waals surface area contributed by atoms with E-state index in [2.05, 4.69) is 5.32 Å². The van der Waals surface area contributed by atoms with E-state index in [1.54, 1.807) is 31.2 Å². The van der Waals surface area contributed by atoms with E-state index in [9.17, 15) is 4.79 Å². The maximum absolute atomic E-state index is 12.0. The summed E-state index contributed by atoms with van der Waals surface area (Å²) < 4.78 is 5.72. The van der Waals surface area contributed by atoms with Gasteiger partial charge < -0.3 is 10.1 Å². The second kappa shape index (κ2) is 6.35. The fourth-order valence-electron chi connectivity index (χ4n) is 2.29. The maximum Gasteiger partial charge on any atom is 0.253 e. The molecule has 1 aliphatic carbocycles. The van der Waals surface area contributed by atoms with Crippen molar-refractivity contribution in [3.05, 3.63) is 29.8 Å². The highest BCUT2D eigenvalue weighted by Gasteiger charge is 2.22. The topological polar surface area (TPSA) is 62.1 Å². The molecule has 1 N–H and O–H groups in total. The number of carbonyl (C=O) groups is 1. The van der Waals surface area contributed by atoms with Crippen LogP contribution in [0, 0.1) is 11.3 Å². The lowest BCUT2D eigenvalue weighted by molar-refractivity contribution is -0.129. The molecule has 1 amide bonds. The predicted octanol–water partition coefficient (Wildman–Crippen LogP) is 2.84. The van der Waals surface area contributed by atoms with Crippen molar-refractivity contribution in [2.24, 2.45) is 0 Å². The first-order chi connectivity index (χ1) is 9.19. The Labute approximate surface area is 113 Å². The molecule has 1 fully saturated rings. The molecule has 0 spiro atoms. The minimum absolute atomic E-state index is 0.165. The fourth-order valence-corrected chi connectivity index (χ4v) is 2.29. The maximum atomic E-state index is 12.0. The minimum Gasteiger partial charge on any atom is -0.365 e. The van der Waals surface area contributed by atoms with Crippen LogP contribution in [0.5, 0.6) is 0 Å². The highest BCUT2D eigenvalue weighted by atomic mass is 16.5. The first-order valence-corrected chi connectivity index (χ1v) is 6.65. The van der Waals surface area contributed by atoms with Gasteiger partial charge in [-0.1, -0.05) is 18.9 Å². The highest BCUT2D eigenvalue weighted by molar-refractivity contribution is 5.94. The molecule has 1 saturated carbocycles. The summed E-state index contributed by atoms with van der Waals surface area (Å²) in [6.45, 7) is 1.77. The van der Waals surface area contributed by atoms with Crippen molar-refractivity contribution in [3.63, 3.8) is 0 Å². The van der Waals surface area contributed by atoms with Gasteiger partial charge in [-0.05, 0) is 38.0 Å². The Kier molecular flexibility index (Phi) is 4.53. The van der Waals surface area contributed by atoms with Crippen molar-refractivity contribution < 1.29 is 9.53 Å². The number of benzene rings is 1. The monoisotopic (exact) mass is 258 g/mol. The Hall–Kier alpha value is -1.86.